The number of anilines is 1. The molecule has 0 radical (unpaired) electrons. The predicted octanol–water partition coefficient (Wildman–Crippen LogP) is 3.66. The summed E-state index contributed by atoms with van der Waals surface area (Å²) in [5.74, 6) is -0.129. The normalized spacial score (nSPS) is 10.8. The van der Waals surface area contributed by atoms with Gasteiger partial charge in [0.2, 0.25) is 0 Å². The molecule has 0 spiro atoms. The monoisotopic (exact) mass is 343 g/mol. The van der Waals surface area contributed by atoms with E-state index in [4.69, 9.17) is 0 Å². The van der Waals surface area contributed by atoms with Crippen molar-refractivity contribution in [1.29, 1.82) is 0 Å². The van der Waals surface area contributed by atoms with Crippen molar-refractivity contribution in [1.82, 2.24) is 19.8 Å². The van der Waals surface area contributed by atoms with Gasteiger partial charge < -0.3 is 5.32 Å². The Morgan fingerprint density at radius 2 is 1.81 bits per heavy atom. The van der Waals surface area contributed by atoms with Crippen LogP contribution < -0.4 is 5.32 Å². The average Bonchev–Trinajstić information content (AvgIpc) is 3.09. The van der Waals surface area contributed by atoms with Crippen molar-refractivity contribution in [2.75, 3.05) is 5.32 Å². The zero-order valence-electron chi connectivity index (χ0n) is 14.5. The van der Waals surface area contributed by atoms with Crippen LogP contribution in [0.3, 0.4) is 0 Å². The number of hydrogen-bond acceptors (Lipinski definition) is 4. The minimum Gasteiger partial charge on any atom is -0.322 e. The number of amides is 1. The lowest BCUT2D eigenvalue weighted by Gasteiger charge is -2.09. The van der Waals surface area contributed by atoms with Crippen molar-refractivity contribution in [2.45, 2.75) is 13.8 Å². The summed E-state index contributed by atoms with van der Waals surface area (Å²) in [6.45, 7) is 3.97. The second-order valence-electron chi connectivity index (χ2n) is 6.26. The number of aromatic nitrogens is 4. The number of benzene rings is 2. The molecular weight excluding hydrogens is 326 g/mol. The lowest BCUT2D eigenvalue weighted by Crippen LogP contribution is -2.12. The summed E-state index contributed by atoms with van der Waals surface area (Å²) in [7, 11) is 0. The Morgan fingerprint density at radius 1 is 1.00 bits per heavy atom. The van der Waals surface area contributed by atoms with Crippen LogP contribution >= 0.6 is 0 Å². The second kappa shape index (κ2) is 6.40. The van der Waals surface area contributed by atoms with Crippen molar-refractivity contribution < 1.29 is 4.79 Å². The smallest absolute Gasteiger partial charge is 0.255 e. The fourth-order valence-corrected chi connectivity index (χ4v) is 2.95. The summed E-state index contributed by atoms with van der Waals surface area (Å²) in [5.41, 5.74) is 5.87. The highest BCUT2D eigenvalue weighted by atomic mass is 16.1. The van der Waals surface area contributed by atoms with Crippen molar-refractivity contribution >= 4 is 17.2 Å². The number of carbonyl (C=O) groups excluding carboxylic acids is 1. The Labute approximate surface area is 150 Å². The van der Waals surface area contributed by atoms with Crippen LogP contribution in [0.2, 0.25) is 0 Å². The molecule has 0 saturated carbocycles. The highest BCUT2D eigenvalue weighted by molar-refractivity contribution is 6.04. The molecule has 0 fully saturated rings. The highest BCUT2D eigenvalue weighted by Gasteiger charge is 2.09. The van der Waals surface area contributed by atoms with Crippen molar-refractivity contribution in [2.24, 2.45) is 0 Å². The fourth-order valence-electron chi connectivity index (χ4n) is 2.95. The van der Waals surface area contributed by atoms with Crippen LogP contribution in [0, 0.1) is 13.8 Å². The van der Waals surface area contributed by atoms with Gasteiger partial charge in [0.25, 0.3) is 5.91 Å². The van der Waals surface area contributed by atoms with Crippen molar-refractivity contribution in [3.05, 3.63) is 77.6 Å². The van der Waals surface area contributed by atoms with Gasteiger partial charge in [-0.05, 0) is 50.2 Å². The van der Waals surface area contributed by atoms with E-state index in [0.717, 1.165) is 28.1 Å². The van der Waals surface area contributed by atoms with E-state index < -0.39 is 0 Å². The first-order valence-corrected chi connectivity index (χ1v) is 8.26. The third kappa shape index (κ3) is 3.17. The van der Waals surface area contributed by atoms with Crippen LogP contribution in [0.25, 0.3) is 16.9 Å². The maximum Gasteiger partial charge on any atom is 0.255 e. The molecule has 0 saturated heterocycles. The van der Waals surface area contributed by atoms with Gasteiger partial charge in [-0.25, -0.2) is 0 Å². The standard InChI is InChI=1S/C20H17N5O/c1-13-8-14(2)10-16(9-13)20(26)22-17-5-3-4-15(11-17)18-6-7-19-23-21-12-25(19)24-18/h3-12H,1-2H3,(H,22,26). The van der Waals surface area contributed by atoms with Gasteiger partial charge in [0.05, 0.1) is 5.69 Å². The minimum absolute atomic E-state index is 0.129. The van der Waals surface area contributed by atoms with Gasteiger partial charge in [-0.3, -0.25) is 4.79 Å². The second-order valence-corrected chi connectivity index (χ2v) is 6.26. The van der Waals surface area contributed by atoms with Crippen LogP contribution in [0.4, 0.5) is 5.69 Å². The average molecular weight is 343 g/mol. The largest absolute Gasteiger partial charge is 0.322 e. The van der Waals surface area contributed by atoms with E-state index in [-0.39, 0.29) is 5.91 Å². The van der Waals surface area contributed by atoms with Gasteiger partial charge in [0.15, 0.2) is 5.65 Å². The minimum atomic E-state index is -0.129. The van der Waals surface area contributed by atoms with Crippen LogP contribution in [-0.4, -0.2) is 25.7 Å². The van der Waals surface area contributed by atoms with Crippen LogP contribution in [0.1, 0.15) is 21.5 Å². The van der Waals surface area contributed by atoms with Gasteiger partial charge in [-0.2, -0.15) is 9.61 Å². The molecule has 2 heterocycles. The van der Waals surface area contributed by atoms with E-state index >= 15 is 0 Å². The van der Waals surface area contributed by atoms with Gasteiger partial charge in [-0.1, -0.05) is 29.3 Å². The molecule has 2 aromatic carbocycles. The summed E-state index contributed by atoms with van der Waals surface area (Å²) in [6, 6.07) is 17.2. The molecule has 128 valence electrons. The van der Waals surface area contributed by atoms with E-state index in [9.17, 15) is 4.79 Å². The van der Waals surface area contributed by atoms with Crippen molar-refractivity contribution in [3.63, 3.8) is 0 Å². The summed E-state index contributed by atoms with van der Waals surface area (Å²) >= 11 is 0. The Bertz CT molecular complexity index is 1100. The Morgan fingerprint density at radius 3 is 2.62 bits per heavy atom. The zero-order valence-corrected chi connectivity index (χ0v) is 14.5. The molecule has 1 amide bonds. The molecule has 6 nitrogen and oxygen atoms in total. The SMILES string of the molecule is Cc1cc(C)cc(C(=O)Nc2cccc(-c3ccc4nncn4n3)c2)c1. The van der Waals surface area contributed by atoms with E-state index in [1.807, 2.05) is 68.4 Å². The molecule has 6 heteroatoms. The van der Waals surface area contributed by atoms with Gasteiger partial charge in [-0.15, -0.1) is 10.2 Å². The lowest BCUT2D eigenvalue weighted by molar-refractivity contribution is 0.102. The first-order valence-electron chi connectivity index (χ1n) is 8.26. The van der Waals surface area contributed by atoms with E-state index in [1.165, 1.54) is 0 Å². The molecule has 4 rings (SSSR count). The quantitative estimate of drug-likeness (QED) is 0.616. The molecule has 0 aliphatic heterocycles. The molecule has 0 aliphatic rings. The van der Waals surface area contributed by atoms with Gasteiger partial charge >= 0.3 is 0 Å². The Kier molecular flexibility index (Phi) is 3.93. The molecule has 26 heavy (non-hydrogen) atoms. The zero-order chi connectivity index (χ0) is 18.1. The molecular formula is C20H17N5O. The summed E-state index contributed by atoms with van der Waals surface area (Å²) in [5, 5.41) is 15.2. The molecule has 0 bridgehead atoms. The number of rotatable bonds is 3. The molecule has 0 aliphatic carbocycles. The summed E-state index contributed by atoms with van der Waals surface area (Å²) in [6.07, 6.45) is 1.56. The molecule has 0 atom stereocenters. The summed E-state index contributed by atoms with van der Waals surface area (Å²) in [4.78, 5) is 12.6. The van der Waals surface area contributed by atoms with Gasteiger partial charge in [0, 0.05) is 16.8 Å². The van der Waals surface area contributed by atoms with E-state index in [1.54, 1.807) is 10.8 Å². The summed E-state index contributed by atoms with van der Waals surface area (Å²) < 4.78 is 1.62. The Balaban J connectivity index is 1.62. The molecule has 4 aromatic rings. The molecule has 0 unspecified atom stereocenters. The number of nitrogens with zero attached hydrogens (tertiary/aromatic N) is 4. The molecule has 2 aromatic heterocycles. The Hall–Kier alpha value is -3.54. The maximum absolute atomic E-state index is 12.6. The van der Waals surface area contributed by atoms with Gasteiger partial charge in [0.1, 0.15) is 6.33 Å². The third-order valence-electron chi connectivity index (χ3n) is 4.06. The van der Waals surface area contributed by atoms with E-state index in [2.05, 4.69) is 20.6 Å². The fraction of sp³-hybridized carbons (Fsp3) is 0.100. The number of carbonyl (C=O) groups is 1. The first kappa shape index (κ1) is 16.0. The lowest BCUT2D eigenvalue weighted by atomic mass is 10.1. The van der Waals surface area contributed by atoms with Crippen LogP contribution in [0.15, 0.2) is 60.9 Å². The number of aryl methyl sites for hydroxylation is 2. The number of fused-ring (bicyclic) bond motifs is 1. The number of nitrogens with one attached hydrogen (secondary N) is 1. The first-order chi connectivity index (χ1) is 12.6. The maximum atomic E-state index is 12.6. The third-order valence-corrected chi connectivity index (χ3v) is 4.06. The molecule has 1 N–H and O–H groups in total. The predicted molar refractivity (Wildman–Crippen MR) is 100 cm³/mol. The number of hydrogen-bond donors (Lipinski definition) is 1. The van der Waals surface area contributed by atoms with Crippen LogP contribution in [0.5, 0.6) is 0 Å². The highest BCUT2D eigenvalue weighted by Crippen LogP contribution is 2.21. The van der Waals surface area contributed by atoms with Crippen LogP contribution in [-0.2, 0) is 0 Å². The van der Waals surface area contributed by atoms with E-state index in [0.29, 0.717) is 11.2 Å². The topological polar surface area (TPSA) is 72.2 Å². The van der Waals surface area contributed by atoms with Crippen molar-refractivity contribution in [3.8, 4) is 11.3 Å².